The van der Waals surface area contributed by atoms with Gasteiger partial charge in [-0.05, 0) is 36.4 Å². The zero-order valence-corrected chi connectivity index (χ0v) is 14.5. The fraction of sp³-hybridized carbons (Fsp3) is 0.211. The molecular formula is C19H17NO7. The Morgan fingerprint density at radius 1 is 1.07 bits per heavy atom. The summed E-state index contributed by atoms with van der Waals surface area (Å²) in [6, 6.07) is 13.1. The molecule has 0 unspecified atom stereocenters. The minimum Gasteiger partial charge on any atom is -0.485 e. The third-order valence-corrected chi connectivity index (χ3v) is 3.71. The largest absolute Gasteiger partial charge is 0.485 e. The van der Waals surface area contributed by atoms with E-state index in [1.54, 1.807) is 36.4 Å². The average Bonchev–Trinajstić information content (AvgIpc) is 2.71. The highest BCUT2D eigenvalue weighted by molar-refractivity contribution is 5.94. The van der Waals surface area contributed by atoms with E-state index in [4.69, 9.17) is 14.2 Å². The molecule has 8 heteroatoms. The Labute approximate surface area is 155 Å². The molecule has 1 aliphatic heterocycles. The maximum atomic E-state index is 12.1. The smallest absolute Gasteiger partial charge is 0.351 e. The first-order valence-electron chi connectivity index (χ1n) is 8.10. The van der Waals surface area contributed by atoms with Gasteiger partial charge in [-0.25, -0.2) is 9.59 Å². The van der Waals surface area contributed by atoms with Gasteiger partial charge >= 0.3 is 11.9 Å². The van der Waals surface area contributed by atoms with Gasteiger partial charge < -0.3 is 24.3 Å². The molecule has 0 saturated heterocycles. The number of carbonyl (C=O) groups is 3. The van der Waals surface area contributed by atoms with E-state index >= 15 is 0 Å². The predicted octanol–water partition coefficient (Wildman–Crippen LogP) is 1.79. The molecule has 0 radical (unpaired) electrons. The van der Waals surface area contributed by atoms with Gasteiger partial charge in [-0.15, -0.1) is 0 Å². The van der Waals surface area contributed by atoms with Crippen LogP contribution in [-0.2, 0) is 19.1 Å². The van der Waals surface area contributed by atoms with Crippen molar-refractivity contribution in [2.75, 3.05) is 25.6 Å². The summed E-state index contributed by atoms with van der Waals surface area (Å²) in [7, 11) is 1.28. The van der Waals surface area contributed by atoms with Gasteiger partial charge in [0.1, 0.15) is 6.61 Å². The molecule has 0 fully saturated rings. The van der Waals surface area contributed by atoms with Crippen molar-refractivity contribution in [3.63, 3.8) is 0 Å². The number of carbonyl (C=O) groups excluding carboxylic acids is 3. The van der Waals surface area contributed by atoms with Gasteiger partial charge in [-0.1, -0.05) is 12.1 Å². The van der Waals surface area contributed by atoms with Gasteiger partial charge in [0.15, 0.2) is 18.1 Å². The lowest BCUT2D eigenvalue weighted by Gasteiger charge is -2.24. The quantitative estimate of drug-likeness (QED) is 0.800. The lowest BCUT2D eigenvalue weighted by molar-refractivity contribution is -0.156. The number of ether oxygens (including phenoxy) is 4. The third-order valence-electron chi connectivity index (χ3n) is 3.71. The van der Waals surface area contributed by atoms with Gasteiger partial charge in [0.05, 0.1) is 12.7 Å². The van der Waals surface area contributed by atoms with Crippen LogP contribution in [0.4, 0.5) is 5.69 Å². The Balaban J connectivity index is 1.48. The molecule has 1 heterocycles. The van der Waals surface area contributed by atoms with Crippen LogP contribution in [0.25, 0.3) is 0 Å². The van der Waals surface area contributed by atoms with E-state index in [-0.39, 0.29) is 6.61 Å². The molecule has 8 nitrogen and oxygen atoms in total. The van der Waals surface area contributed by atoms with E-state index in [0.717, 1.165) is 0 Å². The molecule has 2 aromatic carbocycles. The summed E-state index contributed by atoms with van der Waals surface area (Å²) >= 11 is 0. The Morgan fingerprint density at radius 3 is 2.48 bits per heavy atom. The first kappa shape index (κ1) is 18.2. The summed E-state index contributed by atoms with van der Waals surface area (Å²) < 4.78 is 20.5. The van der Waals surface area contributed by atoms with E-state index in [0.29, 0.717) is 22.7 Å². The molecule has 3 rings (SSSR count). The van der Waals surface area contributed by atoms with Crippen LogP contribution in [0.1, 0.15) is 10.4 Å². The van der Waals surface area contributed by atoms with Gasteiger partial charge in [0, 0.05) is 5.69 Å². The molecular weight excluding hydrogens is 354 g/mol. The van der Waals surface area contributed by atoms with E-state index in [2.05, 4.69) is 10.1 Å². The monoisotopic (exact) mass is 371 g/mol. The summed E-state index contributed by atoms with van der Waals surface area (Å²) in [6.45, 7) is -0.467. The highest BCUT2D eigenvalue weighted by atomic mass is 16.6. The lowest BCUT2D eigenvalue weighted by Crippen LogP contribution is -2.39. The number of anilines is 1. The molecule has 0 spiro atoms. The molecule has 1 aliphatic rings. The van der Waals surface area contributed by atoms with Crippen LogP contribution in [0.2, 0.25) is 0 Å². The summed E-state index contributed by atoms with van der Waals surface area (Å²) in [4.78, 5) is 35.3. The first-order valence-corrected chi connectivity index (χ1v) is 8.10. The molecule has 1 amide bonds. The average molecular weight is 371 g/mol. The number of nitrogens with one attached hydrogen (secondary N) is 1. The predicted molar refractivity (Wildman–Crippen MR) is 93.7 cm³/mol. The topological polar surface area (TPSA) is 100 Å². The van der Waals surface area contributed by atoms with E-state index in [1.165, 1.54) is 19.2 Å². The van der Waals surface area contributed by atoms with Crippen LogP contribution in [0, 0.1) is 0 Å². The number of benzene rings is 2. The number of methoxy groups -OCH3 is 1. The molecule has 140 valence electrons. The highest BCUT2D eigenvalue weighted by Gasteiger charge is 2.29. The van der Waals surface area contributed by atoms with Crippen LogP contribution < -0.4 is 14.8 Å². The fourth-order valence-electron chi connectivity index (χ4n) is 2.37. The number of amides is 1. The normalized spacial score (nSPS) is 14.8. The van der Waals surface area contributed by atoms with Crippen molar-refractivity contribution in [2.45, 2.75) is 6.10 Å². The zero-order chi connectivity index (χ0) is 19.2. The van der Waals surface area contributed by atoms with Crippen LogP contribution >= 0.6 is 0 Å². The summed E-state index contributed by atoms with van der Waals surface area (Å²) in [5.74, 6) is -0.694. The number of rotatable bonds is 5. The van der Waals surface area contributed by atoms with Crippen molar-refractivity contribution < 1.29 is 33.3 Å². The molecule has 2 aromatic rings. The van der Waals surface area contributed by atoms with Gasteiger partial charge in [-0.2, -0.15) is 0 Å². The number of esters is 2. The van der Waals surface area contributed by atoms with Crippen molar-refractivity contribution in [3.05, 3.63) is 54.1 Å². The second-order valence-corrected chi connectivity index (χ2v) is 5.59. The summed E-state index contributed by atoms with van der Waals surface area (Å²) in [5.41, 5.74) is 0.812. The molecule has 0 bridgehead atoms. The minimum atomic E-state index is -0.938. The summed E-state index contributed by atoms with van der Waals surface area (Å²) in [6.07, 6.45) is -0.938. The molecule has 0 saturated carbocycles. The molecule has 0 aliphatic carbocycles. The zero-order valence-electron chi connectivity index (χ0n) is 14.5. The van der Waals surface area contributed by atoms with Gasteiger partial charge in [0.25, 0.3) is 5.91 Å². The molecule has 27 heavy (non-hydrogen) atoms. The Kier molecular flexibility index (Phi) is 5.55. The standard InChI is InChI=1S/C19H17NO7/c1-24-18(22)12-6-8-13(9-7-12)20-17(21)11-26-19(23)16-10-25-14-4-2-3-5-15(14)27-16/h2-9,16H,10-11H2,1H3,(H,20,21)/t16-/m0/s1. The fourth-order valence-corrected chi connectivity index (χ4v) is 2.37. The van der Waals surface area contributed by atoms with Crippen LogP contribution in [0.3, 0.4) is 0 Å². The van der Waals surface area contributed by atoms with Gasteiger partial charge in [0.2, 0.25) is 6.10 Å². The van der Waals surface area contributed by atoms with Crippen LogP contribution in [0.15, 0.2) is 48.5 Å². The Hall–Kier alpha value is -3.55. The van der Waals surface area contributed by atoms with E-state index in [1.807, 2.05) is 0 Å². The van der Waals surface area contributed by atoms with Crippen molar-refractivity contribution in [3.8, 4) is 11.5 Å². The molecule has 1 atom stereocenters. The Bertz CT molecular complexity index is 847. The highest BCUT2D eigenvalue weighted by Crippen LogP contribution is 2.31. The van der Waals surface area contributed by atoms with E-state index in [9.17, 15) is 14.4 Å². The van der Waals surface area contributed by atoms with Gasteiger partial charge in [-0.3, -0.25) is 4.79 Å². The molecule has 1 N–H and O–H groups in total. The number of hydrogen-bond donors (Lipinski definition) is 1. The SMILES string of the molecule is COC(=O)c1ccc(NC(=O)COC(=O)[C@@H]2COc3ccccc3O2)cc1. The second kappa shape index (κ2) is 8.22. The molecule has 0 aromatic heterocycles. The van der Waals surface area contributed by atoms with Crippen LogP contribution in [-0.4, -0.2) is 44.3 Å². The van der Waals surface area contributed by atoms with Crippen LogP contribution in [0.5, 0.6) is 11.5 Å². The number of fused-ring (bicyclic) bond motifs is 1. The maximum Gasteiger partial charge on any atom is 0.351 e. The number of para-hydroxylation sites is 2. The maximum absolute atomic E-state index is 12.1. The van der Waals surface area contributed by atoms with Crippen molar-refractivity contribution >= 4 is 23.5 Å². The third kappa shape index (κ3) is 4.55. The first-order chi connectivity index (χ1) is 13.1. The van der Waals surface area contributed by atoms with Crippen molar-refractivity contribution in [1.29, 1.82) is 0 Å². The summed E-state index contributed by atoms with van der Waals surface area (Å²) in [5, 5.41) is 2.56. The lowest BCUT2D eigenvalue weighted by atomic mass is 10.2. The number of hydrogen-bond acceptors (Lipinski definition) is 7. The minimum absolute atomic E-state index is 0.00640. The Morgan fingerprint density at radius 2 is 1.78 bits per heavy atom. The van der Waals surface area contributed by atoms with Crippen molar-refractivity contribution in [2.24, 2.45) is 0 Å². The second-order valence-electron chi connectivity index (χ2n) is 5.59. The van der Waals surface area contributed by atoms with Crippen molar-refractivity contribution in [1.82, 2.24) is 0 Å². The van der Waals surface area contributed by atoms with E-state index < -0.39 is 30.6 Å².